The van der Waals surface area contributed by atoms with Crippen LogP contribution in [0.1, 0.15) is 19.4 Å². The van der Waals surface area contributed by atoms with Crippen molar-refractivity contribution in [3.05, 3.63) is 26.6 Å². The van der Waals surface area contributed by atoms with Crippen LogP contribution in [-0.4, -0.2) is 24.6 Å². The molecule has 3 amide bonds. The van der Waals surface area contributed by atoms with Crippen molar-refractivity contribution in [2.75, 3.05) is 6.54 Å². The molecule has 0 saturated carbocycles. The Labute approximate surface area is 140 Å². The highest BCUT2D eigenvalue weighted by Crippen LogP contribution is 2.35. The zero-order valence-electron chi connectivity index (χ0n) is 11.7. The van der Waals surface area contributed by atoms with E-state index < -0.39 is 18.0 Å². The fraction of sp³-hybridized carbons (Fsp3) is 0.385. The fourth-order valence-corrected chi connectivity index (χ4v) is 3.02. The molecule has 0 heterocycles. The Morgan fingerprint density at radius 3 is 2.38 bits per heavy atom. The van der Waals surface area contributed by atoms with E-state index in [1.807, 2.05) is 24.4 Å². The predicted octanol–water partition coefficient (Wildman–Crippen LogP) is 2.28. The second-order valence-electron chi connectivity index (χ2n) is 4.28. The number of carbonyl (C=O) groups is 2. The summed E-state index contributed by atoms with van der Waals surface area (Å²) >= 11 is 6.82. The number of nitrogens with two attached hydrogens (primary N) is 1. The molecular formula is C13H17Br2N3O3. The highest BCUT2D eigenvalue weighted by atomic mass is 79.9. The quantitative estimate of drug-likeness (QED) is 0.655. The van der Waals surface area contributed by atoms with Crippen molar-refractivity contribution in [2.24, 2.45) is 5.73 Å². The number of halogens is 2. The lowest BCUT2D eigenvalue weighted by atomic mass is 10.2. The lowest BCUT2D eigenvalue weighted by Gasteiger charge is -2.17. The molecule has 0 aromatic heterocycles. The van der Waals surface area contributed by atoms with E-state index in [0.717, 1.165) is 18.7 Å². The van der Waals surface area contributed by atoms with E-state index in [0.29, 0.717) is 14.7 Å². The van der Waals surface area contributed by atoms with Gasteiger partial charge in [-0.1, -0.05) is 6.92 Å². The van der Waals surface area contributed by atoms with Crippen molar-refractivity contribution in [2.45, 2.75) is 26.5 Å². The third-order valence-electron chi connectivity index (χ3n) is 2.55. The van der Waals surface area contributed by atoms with Crippen molar-refractivity contribution < 1.29 is 14.3 Å². The summed E-state index contributed by atoms with van der Waals surface area (Å²) < 4.78 is 6.99. The molecule has 0 bridgehead atoms. The van der Waals surface area contributed by atoms with Gasteiger partial charge in [0, 0.05) is 6.54 Å². The third-order valence-corrected chi connectivity index (χ3v) is 3.73. The Balaban J connectivity index is 2.84. The number of hydrogen-bond acceptors (Lipinski definition) is 4. The molecule has 6 nitrogen and oxygen atoms in total. The minimum atomic E-state index is -0.908. The van der Waals surface area contributed by atoms with Crippen molar-refractivity contribution in [1.82, 2.24) is 10.6 Å². The van der Waals surface area contributed by atoms with Gasteiger partial charge in [-0.3, -0.25) is 10.1 Å². The number of imide groups is 1. The van der Waals surface area contributed by atoms with E-state index in [2.05, 4.69) is 37.2 Å². The first-order valence-electron chi connectivity index (χ1n) is 6.30. The zero-order valence-corrected chi connectivity index (χ0v) is 14.9. The van der Waals surface area contributed by atoms with Crippen LogP contribution < -0.4 is 21.1 Å². The van der Waals surface area contributed by atoms with Gasteiger partial charge in [-0.25, -0.2) is 4.79 Å². The smallest absolute Gasteiger partial charge is 0.318 e. The van der Waals surface area contributed by atoms with Gasteiger partial charge in [-0.05, 0) is 63.0 Å². The van der Waals surface area contributed by atoms with Crippen LogP contribution >= 0.6 is 31.9 Å². The molecule has 4 N–H and O–H groups in total. The number of rotatable bonds is 6. The number of carbonyl (C=O) groups excluding carboxylic acids is 2. The summed E-state index contributed by atoms with van der Waals surface area (Å²) in [5, 5.41) is 5.20. The standard InChI is InChI=1S/C13H17Br2N3O3/c1-3-17-6-8-4-9(14)11(10(15)5-8)21-7(2)12(19)18-13(16)20/h4-5,7,17H,3,6H2,1-2H3,(H3,16,18,19,20). The topological polar surface area (TPSA) is 93.4 Å². The van der Waals surface area contributed by atoms with Gasteiger partial charge in [-0.2, -0.15) is 0 Å². The van der Waals surface area contributed by atoms with Crippen LogP contribution in [0.5, 0.6) is 5.75 Å². The van der Waals surface area contributed by atoms with Gasteiger partial charge in [0.05, 0.1) is 8.95 Å². The van der Waals surface area contributed by atoms with Gasteiger partial charge < -0.3 is 15.8 Å². The van der Waals surface area contributed by atoms with E-state index in [9.17, 15) is 9.59 Å². The molecule has 1 atom stereocenters. The molecule has 0 fully saturated rings. The highest BCUT2D eigenvalue weighted by molar-refractivity contribution is 9.11. The molecule has 8 heteroatoms. The Morgan fingerprint density at radius 2 is 1.90 bits per heavy atom. The molecular weight excluding hydrogens is 406 g/mol. The minimum Gasteiger partial charge on any atom is -0.479 e. The number of amides is 3. The fourth-order valence-electron chi connectivity index (χ4n) is 1.55. The number of primary amides is 1. The van der Waals surface area contributed by atoms with E-state index in [1.165, 1.54) is 6.92 Å². The SMILES string of the molecule is CCNCc1cc(Br)c(OC(C)C(=O)NC(N)=O)c(Br)c1. The predicted molar refractivity (Wildman–Crippen MR) is 87.0 cm³/mol. The molecule has 0 aliphatic carbocycles. The number of benzene rings is 1. The average Bonchev–Trinajstić information content (AvgIpc) is 2.39. The molecule has 0 aliphatic heterocycles. The van der Waals surface area contributed by atoms with Crippen LogP contribution in [0, 0.1) is 0 Å². The molecule has 0 saturated heterocycles. The largest absolute Gasteiger partial charge is 0.479 e. The number of nitrogens with one attached hydrogen (secondary N) is 2. The van der Waals surface area contributed by atoms with Crippen molar-refractivity contribution >= 4 is 43.8 Å². The second-order valence-corrected chi connectivity index (χ2v) is 5.99. The Bertz CT molecular complexity index is 514. The summed E-state index contributed by atoms with van der Waals surface area (Å²) in [6, 6.07) is 2.90. The van der Waals surface area contributed by atoms with E-state index in [4.69, 9.17) is 10.5 Å². The normalized spacial score (nSPS) is 11.8. The van der Waals surface area contributed by atoms with Crippen molar-refractivity contribution in [1.29, 1.82) is 0 Å². The molecule has 0 spiro atoms. The lowest BCUT2D eigenvalue weighted by Crippen LogP contribution is -2.42. The molecule has 1 aromatic carbocycles. The molecule has 116 valence electrons. The molecule has 0 aliphatic rings. The van der Waals surface area contributed by atoms with Crippen LogP contribution in [0.15, 0.2) is 21.1 Å². The van der Waals surface area contributed by atoms with Crippen LogP contribution in [0.4, 0.5) is 4.79 Å². The van der Waals surface area contributed by atoms with E-state index in [1.54, 1.807) is 0 Å². The molecule has 1 unspecified atom stereocenters. The van der Waals surface area contributed by atoms with Gasteiger partial charge >= 0.3 is 6.03 Å². The summed E-state index contributed by atoms with van der Waals surface area (Å²) in [4.78, 5) is 22.3. The Morgan fingerprint density at radius 1 is 1.33 bits per heavy atom. The lowest BCUT2D eigenvalue weighted by molar-refractivity contribution is -0.126. The van der Waals surface area contributed by atoms with Gasteiger partial charge in [0.25, 0.3) is 5.91 Å². The number of hydrogen-bond donors (Lipinski definition) is 3. The maximum Gasteiger partial charge on any atom is 0.318 e. The molecule has 1 rings (SSSR count). The van der Waals surface area contributed by atoms with Crippen molar-refractivity contribution in [3.8, 4) is 5.75 Å². The van der Waals surface area contributed by atoms with Crippen molar-refractivity contribution in [3.63, 3.8) is 0 Å². The number of urea groups is 1. The summed E-state index contributed by atoms with van der Waals surface area (Å²) in [7, 11) is 0. The van der Waals surface area contributed by atoms with Gasteiger partial charge in [-0.15, -0.1) is 0 Å². The highest BCUT2D eigenvalue weighted by Gasteiger charge is 2.19. The number of ether oxygens (including phenoxy) is 1. The monoisotopic (exact) mass is 421 g/mol. The van der Waals surface area contributed by atoms with Gasteiger partial charge in [0.15, 0.2) is 6.10 Å². The summed E-state index contributed by atoms with van der Waals surface area (Å²) in [5.41, 5.74) is 5.97. The van der Waals surface area contributed by atoms with Gasteiger partial charge in [0.2, 0.25) is 0 Å². The minimum absolute atomic E-state index is 0.488. The average molecular weight is 423 g/mol. The van der Waals surface area contributed by atoms with E-state index in [-0.39, 0.29) is 0 Å². The van der Waals surface area contributed by atoms with E-state index >= 15 is 0 Å². The molecule has 0 radical (unpaired) electrons. The molecule has 1 aromatic rings. The van der Waals surface area contributed by atoms with Crippen LogP contribution in [-0.2, 0) is 11.3 Å². The van der Waals surface area contributed by atoms with Gasteiger partial charge in [0.1, 0.15) is 5.75 Å². The maximum atomic E-state index is 11.6. The second kappa shape index (κ2) is 8.35. The molecule has 21 heavy (non-hydrogen) atoms. The summed E-state index contributed by atoms with van der Waals surface area (Å²) in [5.74, 6) is -0.111. The maximum absolute atomic E-state index is 11.6. The Hall–Kier alpha value is -1.12. The summed E-state index contributed by atoms with van der Waals surface area (Å²) in [6.07, 6.45) is -0.857. The first-order valence-corrected chi connectivity index (χ1v) is 7.89. The Kier molecular flexibility index (Phi) is 7.13. The summed E-state index contributed by atoms with van der Waals surface area (Å²) in [6.45, 7) is 5.16. The van der Waals surface area contributed by atoms with Crippen LogP contribution in [0.2, 0.25) is 0 Å². The third kappa shape index (κ3) is 5.64. The first kappa shape index (κ1) is 17.9. The van der Waals surface area contributed by atoms with Crippen LogP contribution in [0.25, 0.3) is 0 Å². The zero-order chi connectivity index (χ0) is 16.0. The van der Waals surface area contributed by atoms with Crippen LogP contribution in [0.3, 0.4) is 0 Å². The first-order chi connectivity index (χ1) is 9.85.